The average molecular weight is 257 g/mol. The summed E-state index contributed by atoms with van der Waals surface area (Å²) in [5.74, 6) is 1.60. The van der Waals surface area contributed by atoms with Gasteiger partial charge < -0.3 is 5.32 Å². The van der Waals surface area contributed by atoms with E-state index >= 15 is 0 Å². The highest BCUT2D eigenvalue weighted by molar-refractivity contribution is 5.35. The summed E-state index contributed by atoms with van der Waals surface area (Å²) in [4.78, 5) is 0. The Bertz CT molecular complexity index is 408. The van der Waals surface area contributed by atoms with Gasteiger partial charge in [-0.2, -0.15) is 0 Å². The summed E-state index contributed by atoms with van der Waals surface area (Å²) >= 11 is 0. The Morgan fingerprint density at radius 3 is 2.26 bits per heavy atom. The summed E-state index contributed by atoms with van der Waals surface area (Å²) < 4.78 is 0. The number of benzene rings is 1. The number of rotatable bonds is 3. The number of nitrogens with one attached hydrogen (secondary N) is 1. The first-order valence-corrected chi connectivity index (χ1v) is 8.16. The normalized spacial score (nSPS) is 28.7. The first-order valence-electron chi connectivity index (χ1n) is 8.16. The minimum absolute atomic E-state index is 0.684. The highest BCUT2D eigenvalue weighted by atomic mass is 14.9. The van der Waals surface area contributed by atoms with Crippen LogP contribution in [0.3, 0.4) is 0 Å². The molecule has 0 amide bonds. The molecule has 0 bridgehead atoms. The lowest BCUT2D eigenvalue weighted by atomic mass is 9.74. The van der Waals surface area contributed by atoms with Gasteiger partial charge in [-0.3, -0.25) is 0 Å². The minimum atomic E-state index is 0.684. The van der Waals surface area contributed by atoms with Gasteiger partial charge in [0.25, 0.3) is 0 Å². The average Bonchev–Trinajstić information content (AvgIpc) is 2.62. The molecule has 2 atom stereocenters. The first-order chi connectivity index (χ1) is 9.40. The van der Waals surface area contributed by atoms with Gasteiger partial charge in [0.2, 0.25) is 0 Å². The SMILES string of the molecule is CNC1CCCCCC1c1ccccc1C1CCC1. The molecule has 0 radical (unpaired) electrons. The van der Waals surface area contributed by atoms with E-state index in [0.29, 0.717) is 6.04 Å². The molecule has 0 aliphatic heterocycles. The zero-order valence-electron chi connectivity index (χ0n) is 12.2. The Morgan fingerprint density at radius 2 is 1.58 bits per heavy atom. The van der Waals surface area contributed by atoms with Crippen LogP contribution in [0.4, 0.5) is 0 Å². The van der Waals surface area contributed by atoms with Gasteiger partial charge in [-0.05, 0) is 55.7 Å². The van der Waals surface area contributed by atoms with Crippen LogP contribution < -0.4 is 5.32 Å². The van der Waals surface area contributed by atoms with E-state index in [-0.39, 0.29) is 0 Å². The fourth-order valence-electron chi connectivity index (χ4n) is 3.97. The predicted octanol–water partition coefficient (Wildman–Crippen LogP) is 4.59. The molecule has 1 nitrogen and oxygen atoms in total. The van der Waals surface area contributed by atoms with Crippen LogP contribution >= 0.6 is 0 Å². The predicted molar refractivity (Wildman–Crippen MR) is 81.7 cm³/mol. The maximum Gasteiger partial charge on any atom is 0.0133 e. The second-order valence-corrected chi connectivity index (χ2v) is 6.40. The molecule has 0 heterocycles. The Balaban J connectivity index is 1.90. The van der Waals surface area contributed by atoms with Crippen LogP contribution in [0, 0.1) is 0 Å². The molecule has 2 unspecified atom stereocenters. The number of hydrogen-bond donors (Lipinski definition) is 1. The van der Waals surface area contributed by atoms with Gasteiger partial charge in [0, 0.05) is 6.04 Å². The second-order valence-electron chi connectivity index (χ2n) is 6.40. The third kappa shape index (κ3) is 2.72. The van der Waals surface area contributed by atoms with E-state index < -0.39 is 0 Å². The maximum absolute atomic E-state index is 3.59. The zero-order chi connectivity index (χ0) is 13.1. The molecular weight excluding hydrogens is 230 g/mol. The Morgan fingerprint density at radius 1 is 0.842 bits per heavy atom. The lowest BCUT2D eigenvalue weighted by Gasteiger charge is -2.33. The standard InChI is InChI=1S/C18H27N/c1-19-18-13-4-2-3-12-17(18)16-11-6-5-10-15(16)14-8-7-9-14/h5-6,10-11,14,17-19H,2-4,7-9,12-13H2,1H3. The smallest absolute Gasteiger partial charge is 0.0133 e. The van der Waals surface area contributed by atoms with Crippen molar-refractivity contribution in [3.63, 3.8) is 0 Å². The number of likely N-dealkylation sites (N-methyl/N-ethyl adjacent to an activating group) is 1. The highest BCUT2D eigenvalue weighted by Gasteiger charge is 2.29. The molecular formula is C18H27N. The highest BCUT2D eigenvalue weighted by Crippen LogP contribution is 2.42. The maximum atomic E-state index is 3.59. The molecule has 0 saturated heterocycles. The van der Waals surface area contributed by atoms with Crippen LogP contribution in [0.15, 0.2) is 24.3 Å². The van der Waals surface area contributed by atoms with Crippen molar-refractivity contribution in [2.45, 2.75) is 69.2 Å². The van der Waals surface area contributed by atoms with Crippen molar-refractivity contribution < 1.29 is 0 Å². The van der Waals surface area contributed by atoms with E-state index in [9.17, 15) is 0 Å². The lowest BCUT2D eigenvalue weighted by molar-refractivity contribution is 0.399. The lowest BCUT2D eigenvalue weighted by Crippen LogP contribution is -2.32. The van der Waals surface area contributed by atoms with E-state index in [1.54, 1.807) is 11.1 Å². The van der Waals surface area contributed by atoms with Gasteiger partial charge in [-0.1, -0.05) is 49.9 Å². The van der Waals surface area contributed by atoms with Gasteiger partial charge in [-0.15, -0.1) is 0 Å². The van der Waals surface area contributed by atoms with Crippen molar-refractivity contribution in [3.8, 4) is 0 Å². The third-order valence-corrected chi connectivity index (χ3v) is 5.33. The topological polar surface area (TPSA) is 12.0 Å². The summed E-state index contributed by atoms with van der Waals surface area (Å²) in [6, 6.07) is 9.98. The summed E-state index contributed by atoms with van der Waals surface area (Å²) in [7, 11) is 2.15. The van der Waals surface area contributed by atoms with E-state index in [1.165, 1.54) is 51.4 Å². The van der Waals surface area contributed by atoms with Crippen molar-refractivity contribution in [1.82, 2.24) is 5.32 Å². The molecule has 2 aliphatic carbocycles. The summed E-state index contributed by atoms with van der Waals surface area (Å²) in [6.45, 7) is 0. The first kappa shape index (κ1) is 13.2. The molecule has 1 N–H and O–H groups in total. The van der Waals surface area contributed by atoms with Crippen molar-refractivity contribution >= 4 is 0 Å². The molecule has 2 saturated carbocycles. The monoisotopic (exact) mass is 257 g/mol. The Labute approximate surface area is 117 Å². The molecule has 0 spiro atoms. The fraction of sp³-hybridized carbons (Fsp3) is 0.667. The molecule has 0 aromatic heterocycles. The van der Waals surface area contributed by atoms with Crippen LogP contribution in [0.2, 0.25) is 0 Å². The van der Waals surface area contributed by atoms with E-state index in [0.717, 1.165) is 11.8 Å². The molecule has 2 fully saturated rings. The van der Waals surface area contributed by atoms with Crippen LogP contribution in [0.1, 0.15) is 74.3 Å². The van der Waals surface area contributed by atoms with Crippen molar-refractivity contribution in [2.24, 2.45) is 0 Å². The Hall–Kier alpha value is -0.820. The zero-order valence-corrected chi connectivity index (χ0v) is 12.2. The van der Waals surface area contributed by atoms with E-state index in [1.807, 2.05) is 0 Å². The second kappa shape index (κ2) is 6.09. The van der Waals surface area contributed by atoms with Crippen LogP contribution in [0.5, 0.6) is 0 Å². The summed E-state index contributed by atoms with van der Waals surface area (Å²) in [5, 5.41) is 3.59. The summed E-state index contributed by atoms with van der Waals surface area (Å²) in [5.41, 5.74) is 3.33. The van der Waals surface area contributed by atoms with Gasteiger partial charge in [0.05, 0.1) is 0 Å². The quantitative estimate of drug-likeness (QED) is 0.781. The largest absolute Gasteiger partial charge is 0.316 e. The van der Waals surface area contributed by atoms with Gasteiger partial charge in [-0.25, -0.2) is 0 Å². The summed E-state index contributed by atoms with van der Waals surface area (Å²) in [6.07, 6.45) is 11.2. The molecule has 1 aromatic rings. The van der Waals surface area contributed by atoms with Crippen molar-refractivity contribution in [3.05, 3.63) is 35.4 Å². The van der Waals surface area contributed by atoms with Crippen LogP contribution in [0.25, 0.3) is 0 Å². The molecule has 2 aliphatic rings. The van der Waals surface area contributed by atoms with Gasteiger partial charge in [0.1, 0.15) is 0 Å². The van der Waals surface area contributed by atoms with Crippen LogP contribution in [-0.4, -0.2) is 13.1 Å². The number of hydrogen-bond acceptors (Lipinski definition) is 1. The minimum Gasteiger partial charge on any atom is -0.316 e. The van der Waals surface area contributed by atoms with E-state index in [4.69, 9.17) is 0 Å². The Kier molecular flexibility index (Phi) is 4.22. The van der Waals surface area contributed by atoms with E-state index in [2.05, 4.69) is 36.6 Å². The molecule has 19 heavy (non-hydrogen) atoms. The van der Waals surface area contributed by atoms with Crippen LogP contribution in [-0.2, 0) is 0 Å². The molecule has 1 heteroatoms. The third-order valence-electron chi connectivity index (χ3n) is 5.33. The fourth-order valence-corrected chi connectivity index (χ4v) is 3.97. The van der Waals surface area contributed by atoms with Crippen molar-refractivity contribution in [2.75, 3.05) is 7.05 Å². The van der Waals surface area contributed by atoms with Gasteiger partial charge >= 0.3 is 0 Å². The molecule has 104 valence electrons. The molecule has 3 rings (SSSR count). The van der Waals surface area contributed by atoms with Gasteiger partial charge in [0.15, 0.2) is 0 Å². The van der Waals surface area contributed by atoms with Crippen molar-refractivity contribution in [1.29, 1.82) is 0 Å². The molecule has 1 aromatic carbocycles.